The fourth-order valence-electron chi connectivity index (χ4n) is 4.70. The normalized spacial score (nSPS) is 11.9. The molecule has 132 valence electrons. The van der Waals surface area contributed by atoms with Crippen LogP contribution in [0.25, 0.3) is 49.3 Å². The van der Waals surface area contributed by atoms with E-state index in [0.29, 0.717) is 5.56 Å². The number of para-hydroxylation sites is 1. The number of hydrogen-bond acceptors (Lipinski definition) is 2. The van der Waals surface area contributed by atoms with Crippen LogP contribution in [0.5, 0.6) is 0 Å². The van der Waals surface area contributed by atoms with Crippen LogP contribution in [0, 0.1) is 18.3 Å². The van der Waals surface area contributed by atoms with E-state index in [0.717, 1.165) is 33.2 Å². The van der Waals surface area contributed by atoms with Crippen molar-refractivity contribution in [1.29, 1.82) is 5.26 Å². The number of rotatable bonds is 0. The largest absolute Gasteiger partial charge is 0.464 e. The smallest absolute Gasteiger partial charge is 0.295 e. The van der Waals surface area contributed by atoms with Crippen molar-refractivity contribution in [3.05, 3.63) is 72.0 Å². The van der Waals surface area contributed by atoms with Gasteiger partial charge in [0, 0.05) is 16.8 Å². The second-order valence-corrected chi connectivity index (χ2v) is 7.30. The maximum absolute atomic E-state index is 9.93. The van der Waals surface area contributed by atoms with Gasteiger partial charge in [-0.15, -0.1) is 0 Å². The summed E-state index contributed by atoms with van der Waals surface area (Å²) in [7, 11) is 2.08. The summed E-state index contributed by atoms with van der Waals surface area (Å²) in [6, 6.07) is 21.1. The first-order valence-electron chi connectivity index (χ1n) is 9.25. The van der Waals surface area contributed by atoms with E-state index in [1.54, 1.807) is 6.26 Å². The Morgan fingerprint density at radius 1 is 1.00 bits per heavy atom. The minimum absolute atomic E-state index is 0.617. The predicted octanol–water partition coefficient (Wildman–Crippen LogP) is 5.15. The monoisotopic (exact) mass is 362 g/mol. The Labute approximate surface area is 160 Å². The van der Waals surface area contributed by atoms with Gasteiger partial charge in [-0.2, -0.15) is 9.66 Å². The van der Waals surface area contributed by atoms with E-state index in [4.69, 9.17) is 4.42 Å². The highest BCUT2D eigenvalue weighted by molar-refractivity contribution is 6.15. The molecule has 0 N–H and O–H groups in total. The van der Waals surface area contributed by atoms with Crippen molar-refractivity contribution < 1.29 is 8.98 Å². The molecule has 0 amide bonds. The molecule has 0 fully saturated rings. The molecule has 28 heavy (non-hydrogen) atoms. The summed E-state index contributed by atoms with van der Waals surface area (Å²) in [5.74, 6) is 0. The van der Waals surface area contributed by atoms with Gasteiger partial charge in [-0.25, -0.2) is 4.57 Å². The van der Waals surface area contributed by atoms with Gasteiger partial charge >= 0.3 is 0 Å². The molecule has 0 bridgehead atoms. The topological polar surface area (TPSA) is 45.2 Å². The summed E-state index contributed by atoms with van der Waals surface area (Å²) >= 11 is 0. The maximum atomic E-state index is 9.93. The molecule has 0 aliphatic rings. The Morgan fingerprint density at radius 3 is 2.68 bits per heavy atom. The van der Waals surface area contributed by atoms with Crippen LogP contribution in [-0.4, -0.2) is 4.40 Å². The summed E-state index contributed by atoms with van der Waals surface area (Å²) in [4.78, 5) is 0. The van der Waals surface area contributed by atoms with E-state index >= 15 is 0 Å². The second kappa shape index (κ2) is 5.11. The minimum atomic E-state index is 0.617. The number of fused-ring (bicyclic) bond motifs is 10. The van der Waals surface area contributed by atoms with E-state index < -0.39 is 0 Å². The summed E-state index contributed by atoms with van der Waals surface area (Å²) in [6.07, 6.45) is 1.69. The van der Waals surface area contributed by atoms with Crippen molar-refractivity contribution in [2.24, 2.45) is 7.05 Å². The van der Waals surface area contributed by atoms with Crippen molar-refractivity contribution in [3.8, 4) is 6.07 Å². The fraction of sp³-hybridized carbons (Fsp3) is 0.0833. The maximum Gasteiger partial charge on any atom is 0.295 e. The number of nitrogens with zero attached hydrogens (tertiary/aromatic N) is 3. The van der Waals surface area contributed by atoms with Crippen LogP contribution >= 0.6 is 0 Å². The summed E-state index contributed by atoms with van der Waals surface area (Å²) in [6.45, 7) is 2.15. The van der Waals surface area contributed by atoms with E-state index in [1.165, 1.54) is 21.7 Å². The first kappa shape index (κ1) is 15.2. The molecule has 6 rings (SSSR count). The second-order valence-electron chi connectivity index (χ2n) is 7.30. The van der Waals surface area contributed by atoms with Crippen molar-refractivity contribution in [1.82, 2.24) is 4.40 Å². The molecule has 0 saturated heterocycles. The summed E-state index contributed by atoms with van der Waals surface area (Å²) in [5, 5.41) is 14.6. The highest BCUT2D eigenvalue weighted by Gasteiger charge is 2.28. The van der Waals surface area contributed by atoms with Gasteiger partial charge in [0.1, 0.15) is 22.7 Å². The van der Waals surface area contributed by atoms with Crippen LogP contribution in [0.15, 0.2) is 65.3 Å². The third-order valence-electron chi connectivity index (χ3n) is 5.85. The molecule has 0 unspecified atom stereocenters. The summed E-state index contributed by atoms with van der Waals surface area (Å²) in [5.41, 5.74) is 6.70. The van der Waals surface area contributed by atoms with E-state index in [-0.39, 0.29) is 0 Å². The van der Waals surface area contributed by atoms with E-state index in [2.05, 4.69) is 71.5 Å². The van der Waals surface area contributed by atoms with Gasteiger partial charge < -0.3 is 4.42 Å². The SMILES string of the molecule is Cc1cccc2c3ccccc3n3c4c(C#N)cc5occc5c4[n+](C)c3c12. The van der Waals surface area contributed by atoms with Crippen molar-refractivity contribution in [2.45, 2.75) is 6.92 Å². The molecule has 3 aromatic heterocycles. The molecule has 3 heterocycles. The van der Waals surface area contributed by atoms with Gasteiger partial charge in [0.25, 0.3) is 5.65 Å². The van der Waals surface area contributed by atoms with Crippen LogP contribution in [0.4, 0.5) is 0 Å². The lowest BCUT2D eigenvalue weighted by molar-refractivity contribution is -0.616. The minimum Gasteiger partial charge on any atom is -0.464 e. The van der Waals surface area contributed by atoms with Gasteiger partial charge in [0.2, 0.25) is 0 Å². The Hall–Kier alpha value is -3.84. The summed E-state index contributed by atoms with van der Waals surface area (Å²) < 4.78 is 10.1. The molecule has 4 heteroatoms. The Balaban J connectivity index is 2.12. The van der Waals surface area contributed by atoms with Gasteiger partial charge in [-0.05, 0) is 24.6 Å². The molecular weight excluding hydrogens is 346 g/mol. The number of aromatic nitrogens is 2. The zero-order valence-electron chi connectivity index (χ0n) is 15.5. The number of aryl methyl sites for hydroxylation is 2. The molecule has 0 radical (unpaired) electrons. The fourth-order valence-corrected chi connectivity index (χ4v) is 4.70. The first-order chi connectivity index (χ1) is 13.7. The molecule has 4 nitrogen and oxygen atoms in total. The third kappa shape index (κ3) is 1.67. The number of imidazole rings is 1. The molecule has 0 atom stereocenters. The third-order valence-corrected chi connectivity index (χ3v) is 5.85. The van der Waals surface area contributed by atoms with Crippen molar-refractivity contribution in [2.75, 3.05) is 0 Å². The van der Waals surface area contributed by atoms with E-state index in [1.807, 2.05) is 12.1 Å². The molecule has 0 aliphatic heterocycles. The van der Waals surface area contributed by atoms with Gasteiger partial charge in [0.15, 0.2) is 11.0 Å². The van der Waals surface area contributed by atoms with Crippen molar-refractivity contribution in [3.63, 3.8) is 0 Å². The van der Waals surface area contributed by atoms with Crippen molar-refractivity contribution >= 4 is 49.3 Å². The predicted molar refractivity (Wildman–Crippen MR) is 110 cm³/mol. The highest BCUT2D eigenvalue weighted by atomic mass is 16.3. The molecule has 0 aliphatic carbocycles. The Bertz CT molecular complexity index is 1640. The van der Waals surface area contributed by atoms with E-state index in [9.17, 15) is 5.26 Å². The lowest BCUT2D eigenvalue weighted by Crippen LogP contribution is -2.27. The average Bonchev–Trinajstić information content (AvgIpc) is 3.30. The molecule has 6 aromatic rings. The zero-order valence-corrected chi connectivity index (χ0v) is 15.5. The van der Waals surface area contributed by atoms with Crippen LogP contribution in [0.3, 0.4) is 0 Å². The number of hydrogen-bond donors (Lipinski definition) is 0. The van der Waals surface area contributed by atoms with Crippen LogP contribution in [0.1, 0.15) is 11.1 Å². The quantitative estimate of drug-likeness (QED) is 0.277. The lowest BCUT2D eigenvalue weighted by Gasteiger charge is -2.06. The number of nitriles is 1. The van der Waals surface area contributed by atoms with Gasteiger partial charge in [-0.3, -0.25) is 0 Å². The number of benzene rings is 3. The van der Waals surface area contributed by atoms with Crippen LogP contribution < -0.4 is 4.57 Å². The molecule has 3 aromatic carbocycles. The van der Waals surface area contributed by atoms with Gasteiger partial charge in [-0.1, -0.05) is 36.4 Å². The Kier molecular flexibility index (Phi) is 2.78. The molecule has 0 saturated carbocycles. The first-order valence-corrected chi connectivity index (χ1v) is 9.25. The lowest BCUT2D eigenvalue weighted by atomic mass is 10.0. The number of pyridine rings is 1. The van der Waals surface area contributed by atoms with Crippen LogP contribution in [0.2, 0.25) is 0 Å². The average molecular weight is 362 g/mol. The Morgan fingerprint density at radius 2 is 1.82 bits per heavy atom. The number of furan rings is 1. The van der Waals surface area contributed by atoms with Gasteiger partial charge in [0.05, 0.1) is 24.1 Å². The molecular formula is C24H16N3O+. The zero-order chi connectivity index (χ0) is 19.0. The highest BCUT2D eigenvalue weighted by Crippen LogP contribution is 2.36. The standard InChI is InChI=1S/C24H16N3O/c1-14-6-5-8-17-16-7-3-4-9-19(16)27-22-15(13-25)12-20-18(10-11-28-20)23(22)26(2)24(27)21(14)17/h3-12H,1-2H3/q+1. The van der Waals surface area contributed by atoms with Crippen LogP contribution in [-0.2, 0) is 7.05 Å². The molecule has 0 spiro atoms.